The van der Waals surface area contributed by atoms with Crippen molar-refractivity contribution in [2.24, 2.45) is 0 Å². The van der Waals surface area contributed by atoms with Crippen LogP contribution in [0, 0.1) is 0 Å². The summed E-state index contributed by atoms with van der Waals surface area (Å²) in [6.45, 7) is 0.643. The van der Waals surface area contributed by atoms with Gasteiger partial charge in [0.1, 0.15) is 0 Å². The van der Waals surface area contributed by atoms with Crippen LogP contribution in [0.3, 0.4) is 0 Å². The van der Waals surface area contributed by atoms with Crippen molar-refractivity contribution in [1.82, 2.24) is 4.90 Å². The second-order valence-corrected chi connectivity index (χ2v) is 5.67. The Morgan fingerprint density at radius 2 is 1.85 bits per heavy atom. The second kappa shape index (κ2) is 6.16. The predicted molar refractivity (Wildman–Crippen MR) is 73.7 cm³/mol. The Hall–Kier alpha value is -1.04. The zero-order valence-corrected chi connectivity index (χ0v) is 12.4. The summed E-state index contributed by atoms with van der Waals surface area (Å²) in [5, 5.41) is 0.711. The third kappa shape index (κ3) is 3.98. The Bertz CT molecular complexity index is 468. The maximum absolute atomic E-state index is 12.4. The second-order valence-electron chi connectivity index (χ2n) is 4.88. The molecule has 1 amide bonds. The zero-order chi connectivity index (χ0) is 14.8. The number of carbonyl (C=O) groups is 1. The number of alkyl halides is 4. The van der Waals surface area contributed by atoms with Gasteiger partial charge < -0.3 is 4.90 Å². The number of rotatable bonds is 5. The molecule has 6 heteroatoms. The van der Waals surface area contributed by atoms with Gasteiger partial charge in [0.05, 0.1) is 12.0 Å². The molecule has 0 saturated heterocycles. The van der Waals surface area contributed by atoms with Crippen molar-refractivity contribution in [1.29, 1.82) is 0 Å². The number of halogens is 4. The molecule has 0 bridgehead atoms. The largest absolute Gasteiger partial charge is 0.416 e. The van der Waals surface area contributed by atoms with Gasteiger partial charge in [0.25, 0.3) is 0 Å². The van der Waals surface area contributed by atoms with Crippen LogP contribution in [0.1, 0.15) is 24.0 Å². The van der Waals surface area contributed by atoms with Crippen molar-refractivity contribution in [2.75, 3.05) is 11.9 Å². The average molecular weight is 350 g/mol. The van der Waals surface area contributed by atoms with Crippen LogP contribution in [0.5, 0.6) is 0 Å². The molecule has 2 rings (SSSR count). The van der Waals surface area contributed by atoms with Crippen molar-refractivity contribution >= 4 is 21.8 Å². The van der Waals surface area contributed by atoms with Crippen molar-refractivity contribution in [2.45, 2.75) is 31.5 Å². The molecule has 0 N–H and O–H groups in total. The molecule has 0 radical (unpaired) electrons. The van der Waals surface area contributed by atoms with Crippen LogP contribution in [-0.2, 0) is 17.4 Å². The first kappa shape index (κ1) is 15.4. The number of amides is 1. The molecule has 1 aromatic rings. The Kier molecular flexibility index (Phi) is 4.73. The predicted octanol–water partition coefficient (Wildman–Crippen LogP) is 3.63. The fourth-order valence-corrected chi connectivity index (χ4v) is 2.46. The molecule has 1 aromatic carbocycles. The topological polar surface area (TPSA) is 20.3 Å². The zero-order valence-electron chi connectivity index (χ0n) is 10.8. The van der Waals surface area contributed by atoms with Gasteiger partial charge in [-0.05, 0) is 30.5 Å². The summed E-state index contributed by atoms with van der Waals surface area (Å²) < 4.78 is 37.3. The van der Waals surface area contributed by atoms with E-state index in [1.807, 2.05) is 4.90 Å². The molecule has 0 spiro atoms. The van der Waals surface area contributed by atoms with Crippen LogP contribution >= 0.6 is 15.9 Å². The van der Waals surface area contributed by atoms with Gasteiger partial charge in [0, 0.05) is 17.9 Å². The monoisotopic (exact) mass is 349 g/mol. The van der Waals surface area contributed by atoms with Gasteiger partial charge in [-0.1, -0.05) is 28.1 Å². The normalized spacial score (nSPS) is 15.2. The maximum atomic E-state index is 12.4. The first-order valence-corrected chi connectivity index (χ1v) is 7.55. The molecule has 2 nitrogen and oxygen atoms in total. The molecule has 0 atom stereocenters. The van der Waals surface area contributed by atoms with E-state index < -0.39 is 11.7 Å². The molecular formula is C14H15BrF3NO. The minimum atomic E-state index is -4.33. The molecule has 1 saturated carbocycles. The lowest BCUT2D eigenvalue weighted by molar-refractivity contribution is -0.137. The fourth-order valence-electron chi connectivity index (χ4n) is 2.08. The molecule has 20 heavy (non-hydrogen) atoms. The van der Waals surface area contributed by atoms with E-state index >= 15 is 0 Å². The summed E-state index contributed by atoms with van der Waals surface area (Å²) in [6, 6.07) is 5.11. The van der Waals surface area contributed by atoms with Gasteiger partial charge in [0.15, 0.2) is 0 Å². The van der Waals surface area contributed by atoms with Gasteiger partial charge in [-0.15, -0.1) is 0 Å². The highest BCUT2D eigenvalue weighted by molar-refractivity contribution is 9.09. The van der Waals surface area contributed by atoms with Crippen LogP contribution in [0.4, 0.5) is 13.2 Å². The summed E-state index contributed by atoms with van der Waals surface area (Å²) in [7, 11) is 0. The molecule has 0 aliphatic heterocycles. The van der Waals surface area contributed by atoms with E-state index in [2.05, 4.69) is 15.9 Å². The SMILES string of the molecule is O=C(Cc1ccc(C(F)(F)F)cc1)N(CCBr)C1CC1. The molecule has 1 fully saturated rings. The standard InChI is InChI=1S/C14H15BrF3NO/c15-7-8-19(12-5-6-12)13(20)9-10-1-3-11(4-2-10)14(16,17)18/h1-4,12H,5-9H2. The van der Waals surface area contributed by atoms with Crippen LogP contribution in [0.15, 0.2) is 24.3 Å². The first-order chi connectivity index (χ1) is 9.41. The molecular weight excluding hydrogens is 335 g/mol. The lowest BCUT2D eigenvalue weighted by atomic mass is 10.1. The Morgan fingerprint density at radius 1 is 1.25 bits per heavy atom. The van der Waals surface area contributed by atoms with E-state index in [4.69, 9.17) is 0 Å². The minimum Gasteiger partial charge on any atom is -0.339 e. The quantitative estimate of drug-likeness (QED) is 0.743. The Balaban J connectivity index is 2.00. The third-order valence-electron chi connectivity index (χ3n) is 3.27. The number of hydrogen-bond acceptors (Lipinski definition) is 1. The van der Waals surface area contributed by atoms with E-state index in [-0.39, 0.29) is 12.3 Å². The highest BCUT2D eigenvalue weighted by Crippen LogP contribution is 2.30. The van der Waals surface area contributed by atoms with Gasteiger partial charge >= 0.3 is 6.18 Å². The van der Waals surface area contributed by atoms with Crippen LogP contribution < -0.4 is 0 Å². The molecule has 0 aromatic heterocycles. The average Bonchev–Trinajstić information content (AvgIpc) is 3.19. The fraction of sp³-hybridized carbons (Fsp3) is 0.500. The Labute approximate surface area is 124 Å². The summed E-state index contributed by atoms with van der Waals surface area (Å²) in [4.78, 5) is 14.0. The molecule has 1 aliphatic carbocycles. The van der Waals surface area contributed by atoms with Crippen molar-refractivity contribution in [3.05, 3.63) is 35.4 Å². The number of benzene rings is 1. The van der Waals surface area contributed by atoms with Crippen molar-refractivity contribution in [3.8, 4) is 0 Å². The van der Waals surface area contributed by atoms with Crippen LogP contribution in [-0.4, -0.2) is 28.7 Å². The number of carbonyl (C=O) groups excluding carboxylic acids is 1. The maximum Gasteiger partial charge on any atom is 0.416 e. The van der Waals surface area contributed by atoms with E-state index in [0.717, 1.165) is 25.0 Å². The van der Waals surface area contributed by atoms with E-state index in [0.29, 0.717) is 23.5 Å². The highest BCUT2D eigenvalue weighted by Gasteiger charge is 2.32. The number of nitrogens with zero attached hydrogens (tertiary/aromatic N) is 1. The van der Waals surface area contributed by atoms with Crippen molar-refractivity contribution in [3.63, 3.8) is 0 Å². The van der Waals surface area contributed by atoms with Gasteiger partial charge in [-0.3, -0.25) is 4.79 Å². The van der Waals surface area contributed by atoms with Crippen LogP contribution in [0.25, 0.3) is 0 Å². The highest BCUT2D eigenvalue weighted by atomic mass is 79.9. The van der Waals surface area contributed by atoms with E-state index in [1.54, 1.807) is 0 Å². The van der Waals surface area contributed by atoms with E-state index in [1.165, 1.54) is 12.1 Å². The summed E-state index contributed by atoms with van der Waals surface area (Å²) in [5.41, 5.74) is -0.0728. The minimum absolute atomic E-state index is 0.0216. The molecule has 110 valence electrons. The lowest BCUT2D eigenvalue weighted by Gasteiger charge is -2.21. The smallest absolute Gasteiger partial charge is 0.339 e. The molecule has 0 heterocycles. The third-order valence-corrected chi connectivity index (χ3v) is 3.62. The summed E-state index contributed by atoms with van der Waals surface area (Å²) in [5.74, 6) is -0.0216. The van der Waals surface area contributed by atoms with Gasteiger partial charge in [-0.2, -0.15) is 13.2 Å². The first-order valence-electron chi connectivity index (χ1n) is 6.43. The molecule has 0 unspecified atom stereocenters. The van der Waals surface area contributed by atoms with Gasteiger partial charge in [0.2, 0.25) is 5.91 Å². The summed E-state index contributed by atoms with van der Waals surface area (Å²) >= 11 is 3.31. The summed E-state index contributed by atoms with van der Waals surface area (Å²) in [6.07, 6.45) is -2.14. The molecule has 1 aliphatic rings. The lowest BCUT2D eigenvalue weighted by Crippen LogP contribution is -2.35. The Morgan fingerprint density at radius 3 is 2.30 bits per heavy atom. The number of hydrogen-bond donors (Lipinski definition) is 0. The van der Waals surface area contributed by atoms with Crippen molar-refractivity contribution < 1.29 is 18.0 Å². The van der Waals surface area contributed by atoms with E-state index in [9.17, 15) is 18.0 Å². The van der Waals surface area contributed by atoms with Gasteiger partial charge in [-0.25, -0.2) is 0 Å². The van der Waals surface area contributed by atoms with Crippen LogP contribution in [0.2, 0.25) is 0 Å².